The molecule has 37 heavy (non-hydrogen) atoms. The van der Waals surface area contributed by atoms with E-state index >= 15 is 0 Å². The minimum absolute atomic E-state index is 0.0707. The van der Waals surface area contributed by atoms with E-state index in [1.807, 2.05) is 29.3 Å². The van der Waals surface area contributed by atoms with E-state index in [1.165, 1.54) is 0 Å². The van der Waals surface area contributed by atoms with Gasteiger partial charge in [0.1, 0.15) is 22.9 Å². The smallest absolute Gasteiger partial charge is 0.150 e. The molecule has 0 amide bonds. The molecule has 0 radical (unpaired) electrons. The fraction of sp³-hybridized carbons (Fsp3) is 0.481. The predicted molar refractivity (Wildman–Crippen MR) is 141 cm³/mol. The van der Waals surface area contributed by atoms with Crippen LogP contribution in [0, 0.1) is 0 Å². The third kappa shape index (κ3) is 4.04. The summed E-state index contributed by atoms with van der Waals surface area (Å²) in [5.74, 6) is 2.04. The van der Waals surface area contributed by atoms with Crippen LogP contribution >= 0.6 is 0 Å². The Bertz CT molecular complexity index is 1410. The van der Waals surface area contributed by atoms with E-state index in [1.54, 1.807) is 0 Å². The zero-order chi connectivity index (χ0) is 24.8. The molecule has 0 spiro atoms. The molecule has 2 fully saturated rings. The molecule has 0 bridgehead atoms. The number of rotatable bonds is 4. The Morgan fingerprint density at radius 1 is 1.00 bits per heavy atom. The van der Waals surface area contributed by atoms with Crippen molar-refractivity contribution >= 4 is 22.4 Å². The van der Waals surface area contributed by atoms with Gasteiger partial charge in [0, 0.05) is 62.5 Å². The minimum Gasteiger partial charge on any atom is -0.377 e. The van der Waals surface area contributed by atoms with Crippen LogP contribution in [-0.4, -0.2) is 68.3 Å². The molecule has 2 unspecified atom stereocenters. The van der Waals surface area contributed by atoms with Crippen LogP contribution < -0.4 is 9.80 Å². The molecule has 2 saturated heterocycles. The number of anilines is 2. The number of pyridine rings is 2. The van der Waals surface area contributed by atoms with Gasteiger partial charge in [0.25, 0.3) is 0 Å². The number of nitrogens with zero attached hydrogens (tertiary/aromatic N) is 8. The number of imidazole rings is 1. The van der Waals surface area contributed by atoms with Crippen LogP contribution in [0.25, 0.3) is 22.3 Å². The molecule has 7 rings (SSSR count). The number of fused-ring (bicyclic) bond motifs is 2. The van der Waals surface area contributed by atoms with Crippen molar-refractivity contribution in [3.8, 4) is 11.4 Å². The Kier molecular flexibility index (Phi) is 5.78. The first kappa shape index (κ1) is 22.7. The highest BCUT2D eigenvalue weighted by Crippen LogP contribution is 2.37. The topological polar surface area (TPSA) is 86.4 Å². The van der Waals surface area contributed by atoms with Gasteiger partial charge in [0.15, 0.2) is 6.23 Å². The summed E-state index contributed by atoms with van der Waals surface area (Å²) in [6, 6.07) is 6.61. The number of ether oxygens (including phenoxy) is 2. The molecule has 3 aliphatic rings. The molecule has 0 aliphatic carbocycles. The van der Waals surface area contributed by atoms with Crippen LogP contribution in [0.15, 0.2) is 43.0 Å². The number of aromatic nitrogens is 6. The van der Waals surface area contributed by atoms with Crippen LogP contribution in [-0.2, 0) is 22.6 Å². The summed E-state index contributed by atoms with van der Waals surface area (Å²) in [6.45, 7) is 7.75. The molecule has 10 heteroatoms. The molecule has 4 aromatic rings. The van der Waals surface area contributed by atoms with Crippen LogP contribution in [0.3, 0.4) is 0 Å². The Morgan fingerprint density at radius 2 is 1.97 bits per heavy atom. The number of hydrogen-bond donors (Lipinski definition) is 0. The van der Waals surface area contributed by atoms with Crippen molar-refractivity contribution in [3.05, 3.63) is 48.8 Å². The first-order valence-corrected chi connectivity index (χ1v) is 13.3. The molecule has 0 N–H and O–H groups in total. The molecular formula is C27H32N8O2. The van der Waals surface area contributed by atoms with Gasteiger partial charge >= 0.3 is 0 Å². The summed E-state index contributed by atoms with van der Waals surface area (Å²) < 4.78 is 16.0. The quantitative estimate of drug-likeness (QED) is 0.420. The maximum absolute atomic E-state index is 6.09. The van der Waals surface area contributed by atoms with Crippen LogP contribution in [0.2, 0.25) is 0 Å². The second-order valence-electron chi connectivity index (χ2n) is 10.1. The highest BCUT2D eigenvalue weighted by atomic mass is 16.5. The van der Waals surface area contributed by atoms with Crippen LogP contribution in [0.4, 0.5) is 11.5 Å². The summed E-state index contributed by atoms with van der Waals surface area (Å²) in [7, 11) is 0. The summed E-state index contributed by atoms with van der Waals surface area (Å²) in [6.07, 6.45) is 10.8. The second kappa shape index (κ2) is 9.42. The van der Waals surface area contributed by atoms with Gasteiger partial charge in [0.2, 0.25) is 0 Å². The van der Waals surface area contributed by atoms with E-state index in [0.717, 1.165) is 91.7 Å². The SMILES string of the molecule is CC1COCCN1c1cc(N2CCn3ccnc3C2)c2ccnc(-c3ccnn3C3CCCCO3)c2n1. The van der Waals surface area contributed by atoms with E-state index in [9.17, 15) is 0 Å². The van der Waals surface area contributed by atoms with Crippen molar-refractivity contribution in [2.24, 2.45) is 0 Å². The molecule has 0 aromatic carbocycles. The van der Waals surface area contributed by atoms with E-state index in [2.05, 4.69) is 49.7 Å². The molecule has 10 nitrogen and oxygen atoms in total. The normalized spacial score (nSPS) is 22.4. The van der Waals surface area contributed by atoms with E-state index in [0.29, 0.717) is 13.2 Å². The largest absolute Gasteiger partial charge is 0.377 e. The van der Waals surface area contributed by atoms with Crippen molar-refractivity contribution in [2.45, 2.75) is 51.5 Å². The van der Waals surface area contributed by atoms with Crippen LogP contribution in [0.5, 0.6) is 0 Å². The first-order chi connectivity index (χ1) is 18.3. The standard InChI is InChI=1S/C27H32N8O2/c1-19-18-36-15-13-34(19)23-16-22(33-12-11-32-10-9-28-24(32)17-33)20-5-7-29-27(26(20)31-23)21-6-8-30-35(21)25-4-2-3-14-37-25/h5-10,16,19,25H,2-4,11-15,17-18H2,1H3. The molecule has 3 aliphatic heterocycles. The molecule has 192 valence electrons. The predicted octanol–water partition coefficient (Wildman–Crippen LogP) is 3.63. The van der Waals surface area contributed by atoms with Gasteiger partial charge in [0.05, 0.1) is 37.2 Å². The van der Waals surface area contributed by atoms with Gasteiger partial charge in [-0.05, 0) is 38.3 Å². The molecule has 0 saturated carbocycles. The second-order valence-corrected chi connectivity index (χ2v) is 10.1. The highest BCUT2D eigenvalue weighted by molar-refractivity contribution is 6.00. The Hall–Kier alpha value is -3.50. The van der Waals surface area contributed by atoms with Gasteiger partial charge in [-0.15, -0.1) is 0 Å². The van der Waals surface area contributed by atoms with Gasteiger partial charge in [-0.25, -0.2) is 14.6 Å². The molecule has 2 atom stereocenters. The van der Waals surface area contributed by atoms with Crippen molar-refractivity contribution in [1.82, 2.24) is 29.3 Å². The van der Waals surface area contributed by atoms with E-state index in [4.69, 9.17) is 19.4 Å². The Balaban J connectivity index is 1.39. The lowest BCUT2D eigenvalue weighted by atomic mass is 10.1. The van der Waals surface area contributed by atoms with E-state index < -0.39 is 0 Å². The highest BCUT2D eigenvalue weighted by Gasteiger charge is 2.27. The molecule has 4 aromatic heterocycles. The zero-order valence-corrected chi connectivity index (χ0v) is 21.2. The lowest BCUT2D eigenvalue weighted by Crippen LogP contribution is -2.44. The van der Waals surface area contributed by atoms with Gasteiger partial charge in [-0.1, -0.05) is 0 Å². The maximum atomic E-state index is 6.09. The Morgan fingerprint density at radius 3 is 2.86 bits per heavy atom. The van der Waals surface area contributed by atoms with Gasteiger partial charge < -0.3 is 23.8 Å². The third-order valence-electron chi connectivity index (χ3n) is 7.78. The van der Waals surface area contributed by atoms with Crippen molar-refractivity contribution in [1.29, 1.82) is 0 Å². The lowest BCUT2D eigenvalue weighted by molar-refractivity contribution is -0.0383. The maximum Gasteiger partial charge on any atom is 0.150 e. The summed E-state index contributed by atoms with van der Waals surface area (Å²) >= 11 is 0. The van der Waals surface area contributed by atoms with Gasteiger partial charge in [-0.2, -0.15) is 5.10 Å². The average Bonchev–Trinajstić information content (AvgIpc) is 3.62. The zero-order valence-electron chi connectivity index (χ0n) is 21.2. The summed E-state index contributed by atoms with van der Waals surface area (Å²) in [5, 5.41) is 5.74. The van der Waals surface area contributed by atoms with E-state index in [-0.39, 0.29) is 12.3 Å². The minimum atomic E-state index is -0.0707. The molecule has 7 heterocycles. The van der Waals surface area contributed by atoms with Crippen molar-refractivity contribution < 1.29 is 9.47 Å². The Labute approximate surface area is 215 Å². The fourth-order valence-electron chi connectivity index (χ4n) is 5.81. The van der Waals surface area contributed by atoms with Crippen LogP contribution in [0.1, 0.15) is 38.2 Å². The van der Waals surface area contributed by atoms with Crippen molar-refractivity contribution in [3.63, 3.8) is 0 Å². The summed E-state index contributed by atoms with van der Waals surface area (Å²) in [4.78, 5) is 19.5. The van der Waals surface area contributed by atoms with Crippen molar-refractivity contribution in [2.75, 3.05) is 42.7 Å². The third-order valence-corrected chi connectivity index (χ3v) is 7.78. The van der Waals surface area contributed by atoms with Gasteiger partial charge in [-0.3, -0.25) is 4.98 Å². The number of morpholine rings is 1. The number of hydrogen-bond acceptors (Lipinski definition) is 8. The fourth-order valence-corrected chi connectivity index (χ4v) is 5.81. The summed E-state index contributed by atoms with van der Waals surface area (Å²) in [5.41, 5.74) is 3.83. The average molecular weight is 501 g/mol. The first-order valence-electron chi connectivity index (χ1n) is 13.3. The molecular weight excluding hydrogens is 468 g/mol. The lowest BCUT2D eigenvalue weighted by Gasteiger charge is -2.36. The monoisotopic (exact) mass is 500 g/mol.